The van der Waals surface area contributed by atoms with E-state index in [-0.39, 0.29) is 5.41 Å². The molecule has 0 spiro atoms. The van der Waals surface area contributed by atoms with Gasteiger partial charge in [0.05, 0.1) is 27.5 Å². The fraction of sp³-hybridized carbons (Fsp3) is 0.204. The lowest BCUT2D eigenvalue weighted by molar-refractivity contribution is 0.398. The van der Waals surface area contributed by atoms with E-state index in [1.54, 1.807) is 0 Å². The normalized spacial score (nSPS) is 13.1. The van der Waals surface area contributed by atoms with Crippen molar-refractivity contribution in [1.29, 1.82) is 0 Å². The third kappa shape index (κ3) is 11.8. The van der Waals surface area contributed by atoms with E-state index in [9.17, 15) is 0 Å². The Balaban J connectivity index is 0.772. The second-order valence-electron chi connectivity index (χ2n) is 28.7. The molecule has 2 heterocycles. The molecule has 0 fully saturated rings. The molecule has 492 valence electrons. The van der Waals surface area contributed by atoms with Crippen LogP contribution in [-0.4, -0.2) is 9.13 Å². The van der Waals surface area contributed by atoms with E-state index in [2.05, 4.69) is 340 Å². The van der Waals surface area contributed by atoms with Crippen molar-refractivity contribution < 1.29 is 0 Å². The molecule has 16 rings (SSSR count). The highest BCUT2D eigenvalue weighted by Crippen LogP contribution is 2.56. The number of rotatable bonds is 24. The zero-order valence-corrected chi connectivity index (χ0v) is 58.7. The van der Waals surface area contributed by atoms with Crippen LogP contribution in [0.3, 0.4) is 0 Å². The zero-order valence-electron chi connectivity index (χ0n) is 58.7. The van der Waals surface area contributed by atoms with Crippen LogP contribution >= 0.6 is 0 Å². The molecule has 1 unspecified atom stereocenters. The summed E-state index contributed by atoms with van der Waals surface area (Å²) in [5, 5.41) is 4.99. The lowest BCUT2D eigenvalue weighted by Crippen LogP contribution is -2.31. The van der Waals surface area contributed by atoms with Gasteiger partial charge < -0.3 is 9.13 Å². The molecule has 0 aliphatic heterocycles. The van der Waals surface area contributed by atoms with Crippen molar-refractivity contribution in [3.63, 3.8) is 0 Å². The summed E-state index contributed by atoms with van der Waals surface area (Å²) < 4.78 is 4.86. The average Bonchev–Trinajstić information content (AvgIpc) is 1.52. The first-order chi connectivity index (χ1) is 49.3. The van der Waals surface area contributed by atoms with Crippen LogP contribution in [0.4, 0.5) is 0 Å². The van der Waals surface area contributed by atoms with Crippen LogP contribution in [0.25, 0.3) is 111 Å². The summed E-state index contributed by atoms with van der Waals surface area (Å²) in [5.41, 5.74) is 29.8. The molecular weight excluding hydrogens is 1210 g/mol. The molecule has 0 bridgehead atoms. The van der Waals surface area contributed by atoms with Crippen molar-refractivity contribution in [3.8, 4) is 67.0 Å². The average molecular weight is 1300 g/mol. The number of aromatic nitrogens is 2. The molecule has 100 heavy (non-hydrogen) atoms. The maximum Gasteiger partial charge on any atom is 0.0701 e. The molecule has 0 amide bonds. The van der Waals surface area contributed by atoms with Gasteiger partial charge in [-0.15, -0.1) is 0 Å². The molecule has 0 N–H and O–H groups in total. The van der Waals surface area contributed by atoms with Crippen molar-refractivity contribution in [1.82, 2.24) is 9.13 Å². The smallest absolute Gasteiger partial charge is 0.0701 e. The lowest BCUT2D eigenvalue weighted by atomic mass is 9.65. The van der Waals surface area contributed by atoms with E-state index in [1.165, 1.54) is 239 Å². The first-order valence-electron chi connectivity index (χ1n) is 37.2. The number of para-hydroxylation sites is 3. The maximum absolute atomic E-state index is 2.64. The third-order valence-corrected chi connectivity index (χ3v) is 22.5. The van der Waals surface area contributed by atoms with Gasteiger partial charge in [0.15, 0.2) is 0 Å². The van der Waals surface area contributed by atoms with E-state index >= 15 is 0 Å². The molecule has 0 radical (unpaired) electrons. The van der Waals surface area contributed by atoms with Gasteiger partial charge in [-0.3, -0.25) is 0 Å². The molecule has 1 aliphatic rings. The lowest BCUT2D eigenvalue weighted by Gasteiger charge is -2.37. The van der Waals surface area contributed by atoms with E-state index < -0.39 is 5.41 Å². The molecule has 15 aromatic rings. The Bertz CT molecular complexity index is 5340. The van der Waals surface area contributed by atoms with Gasteiger partial charge in [-0.05, 0) is 189 Å². The topological polar surface area (TPSA) is 9.86 Å². The Morgan fingerprint density at radius 1 is 0.260 bits per heavy atom. The molecule has 1 atom stereocenters. The highest BCUT2D eigenvalue weighted by atomic mass is 15.0. The molecule has 1 aliphatic carbocycles. The number of benzene rings is 13. The minimum atomic E-state index is -0.641. The standard InChI is InChI=1S/C98H90N2/c1-5-7-9-11-13-25-63-97(64-26-14-12-10-8-6-2)91-67-77(73-43-41-72(42-44-73)71-39-35-69(3)36-40-71)47-59-85(91)86-60-48-78(68-92(86)97)74-45-53-81(54-46-74)98(79-27-17-15-18-28-79,80-51-37-70(4)38-52-80)82-55-57-84(58-56-82)100-94-34-24-22-32-88(94)90-66-76(50-62-96(90)100)75-49-61-95-89(65-75)87-31-21-23-33-93(87)99(95)83-29-19-16-20-30-83/h15-24,27-62,65-68H,5-14,25-26,63-64H2,1-4H3. The summed E-state index contributed by atoms with van der Waals surface area (Å²) in [6.45, 7) is 9.03. The molecule has 0 saturated heterocycles. The van der Waals surface area contributed by atoms with E-state index in [0.717, 1.165) is 5.69 Å². The van der Waals surface area contributed by atoms with Gasteiger partial charge in [0.25, 0.3) is 0 Å². The summed E-state index contributed by atoms with van der Waals surface area (Å²) in [4.78, 5) is 0. The summed E-state index contributed by atoms with van der Waals surface area (Å²) >= 11 is 0. The number of aryl methyl sites for hydroxylation is 2. The fourth-order valence-electron chi connectivity index (χ4n) is 17.2. The predicted molar refractivity (Wildman–Crippen MR) is 427 cm³/mol. The summed E-state index contributed by atoms with van der Waals surface area (Å²) in [5.74, 6) is 0. The first-order valence-corrected chi connectivity index (χ1v) is 37.2. The summed E-state index contributed by atoms with van der Waals surface area (Å²) in [6, 6.07) is 116. The number of unbranched alkanes of at least 4 members (excludes halogenated alkanes) is 10. The quantitative estimate of drug-likeness (QED) is 0.0422. The molecule has 2 heteroatoms. The largest absolute Gasteiger partial charge is 0.309 e. The SMILES string of the molecule is CCCCCCCCC1(CCCCCCCC)c2cc(-c3ccc(-c4ccc(C)cc4)cc3)ccc2-c2ccc(-c3ccc(C(c4ccccc4)(c4ccc(C)cc4)c4ccc(-n5c6ccccc6c6cc(-c7ccc8c(c7)c7ccccc7n8-c7ccccc7)ccc65)cc4)cc3)cc21. The Morgan fingerprint density at radius 3 is 1.06 bits per heavy atom. The number of fused-ring (bicyclic) bond motifs is 9. The summed E-state index contributed by atoms with van der Waals surface area (Å²) in [7, 11) is 0. The van der Waals surface area contributed by atoms with Gasteiger partial charge >= 0.3 is 0 Å². The van der Waals surface area contributed by atoms with Crippen LogP contribution in [0.15, 0.2) is 303 Å². The Morgan fingerprint density at radius 2 is 0.580 bits per heavy atom. The van der Waals surface area contributed by atoms with E-state index in [1.807, 2.05) is 0 Å². The predicted octanol–water partition coefficient (Wildman–Crippen LogP) is 27.3. The monoisotopic (exact) mass is 1290 g/mol. The van der Waals surface area contributed by atoms with Crippen molar-refractivity contribution in [2.75, 3.05) is 0 Å². The van der Waals surface area contributed by atoms with E-state index in [0.29, 0.717) is 0 Å². The molecule has 0 saturated carbocycles. The van der Waals surface area contributed by atoms with Crippen LogP contribution in [0, 0.1) is 13.8 Å². The van der Waals surface area contributed by atoms with Crippen LogP contribution in [-0.2, 0) is 10.8 Å². The third-order valence-electron chi connectivity index (χ3n) is 22.5. The van der Waals surface area contributed by atoms with Crippen LogP contribution in [0.5, 0.6) is 0 Å². The highest BCUT2D eigenvalue weighted by molar-refractivity contribution is 6.13. The van der Waals surface area contributed by atoms with Crippen LogP contribution < -0.4 is 0 Å². The number of nitrogens with zero attached hydrogens (tertiary/aromatic N) is 2. The van der Waals surface area contributed by atoms with Crippen LogP contribution in [0.2, 0.25) is 0 Å². The van der Waals surface area contributed by atoms with E-state index in [4.69, 9.17) is 0 Å². The second kappa shape index (κ2) is 28.0. The highest BCUT2D eigenvalue weighted by Gasteiger charge is 2.43. The van der Waals surface area contributed by atoms with Gasteiger partial charge in [0.2, 0.25) is 0 Å². The Hall–Kier alpha value is -10.5. The minimum absolute atomic E-state index is 0.0843. The second-order valence-corrected chi connectivity index (χ2v) is 28.7. The fourth-order valence-corrected chi connectivity index (χ4v) is 17.2. The van der Waals surface area contributed by atoms with Crippen molar-refractivity contribution in [3.05, 3.63) is 348 Å². The Labute approximate surface area is 592 Å². The van der Waals surface area contributed by atoms with Gasteiger partial charge in [-0.2, -0.15) is 0 Å². The minimum Gasteiger partial charge on any atom is -0.309 e. The number of hydrogen-bond acceptors (Lipinski definition) is 0. The summed E-state index contributed by atoms with van der Waals surface area (Å²) in [6.07, 6.45) is 17.8. The van der Waals surface area contributed by atoms with Crippen molar-refractivity contribution in [2.45, 2.75) is 128 Å². The zero-order chi connectivity index (χ0) is 67.6. The van der Waals surface area contributed by atoms with Gasteiger partial charge in [0, 0.05) is 38.3 Å². The first kappa shape index (κ1) is 64.2. The molecule has 2 nitrogen and oxygen atoms in total. The van der Waals surface area contributed by atoms with Gasteiger partial charge in [0.1, 0.15) is 0 Å². The molecule has 2 aromatic heterocycles. The maximum atomic E-state index is 2.64. The van der Waals surface area contributed by atoms with Gasteiger partial charge in [-0.1, -0.05) is 333 Å². The number of hydrogen-bond donors (Lipinski definition) is 0. The Kier molecular flexibility index (Phi) is 18.0. The molecule has 13 aromatic carbocycles. The van der Waals surface area contributed by atoms with Crippen molar-refractivity contribution in [2.24, 2.45) is 0 Å². The van der Waals surface area contributed by atoms with Crippen LogP contribution in [0.1, 0.15) is 148 Å². The molecular formula is C98H90N2. The van der Waals surface area contributed by atoms with Gasteiger partial charge in [-0.25, -0.2) is 0 Å². The van der Waals surface area contributed by atoms with Crippen molar-refractivity contribution >= 4 is 43.6 Å².